The molecule has 0 saturated carbocycles. The van der Waals surface area contributed by atoms with Gasteiger partial charge in [0.25, 0.3) is 0 Å². The molecule has 0 unspecified atom stereocenters. The van der Waals surface area contributed by atoms with Gasteiger partial charge in [-0.3, -0.25) is 0 Å². The Balaban J connectivity index is 3.26. The molecule has 0 aliphatic heterocycles. The Morgan fingerprint density at radius 3 is 2.07 bits per heavy atom. The molecule has 0 aliphatic carbocycles. The van der Waals surface area contributed by atoms with Crippen LogP contribution in [0.1, 0.15) is 5.56 Å². The molecule has 0 saturated heterocycles. The molecule has 0 aliphatic rings. The van der Waals surface area contributed by atoms with Gasteiger partial charge in [-0.25, -0.2) is 8.78 Å². The van der Waals surface area contributed by atoms with Crippen LogP contribution in [0.5, 0.6) is 5.75 Å². The molecule has 3 nitrogen and oxygen atoms in total. The van der Waals surface area contributed by atoms with Crippen LogP contribution in [0.4, 0.5) is 8.78 Å². The van der Waals surface area contributed by atoms with Crippen LogP contribution in [0.2, 0.25) is 0 Å². The molecule has 1 aromatic rings. The first-order chi connectivity index (χ1) is 7.08. The molecule has 0 spiro atoms. The second-order valence-electron chi connectivity index (χ2n) is 2.61. The number of hydrogen-bond donors (Lipinski definition) is 1. The van der Waals surface area contributed by atoms with E-state index >= 15 is 0 Å². The molecule has 0 fully saturated rings. The zero-order valence-electron chi connectivity index (χ0n) is 7.33. The van der Waals surface area contributed by atoms with Crippen LogP contribution in [0.15, 0.2) is 17.7 Å². The zero-order valence-corrected chi connectivity index (χ0v) is 7.33. The third-order valence-corrected chi connectivity index (χ3v) is 1.59. The van der Waals surface area contributed by atoms with Crippen LogP contribution in [0.3, 0.4) is 0 Å². The van der Waals surface area contributed by atoms with E-state index in [2.05, 4.69) is 0 Å². The Bertz CT molecular complexity index is 470. The molecular formula is C10H4F2N2O. The van der Waals surface area contributed by atoms with Gasteiger partial charge >= 0.3 is 0 Å². The first kappa shape index (κ1) is 10.7. The summed E-state index contributed by atoms with van der Waals surface area (Å²) in [4.78, 5) is 0. The van der Waals surface area contributed by atoms with Crippen molar-refractivity contribution in [1.82, 2.24) is 0 Å². The lowest BCUT2D eigenvalue weighted by Gasteiger charge is -1.99. The van der Waals surface area contributed by atoms with E-state index < -0.39 is 17.4 Å². The van der Waals surface area contributed by atoms with Crippen molar-refractivity contribution in [1.29, 1.82) is 10.5 Å². The summed E-state index contributed by atoms with van der Waals surface area (Å²) in [5, 5.41) is 25.6. The quantitative estimate of drug-likeness (QED) is 0.715. The minimum Gasteiger partial charge on any atom is -0.503 e. The second kappa shape index (κ2) is 4.21. The Morgan fingerprint density at radius 1 is 1.20 bits per heavy atom. The van der Waals surface area contributed by atoms with Crippen molar-refractivity contribution >= 4 is 6.08 Å². The number of aromatic hydroxyl groups is 1. The van der Waals surface area contributed by atoms with Crippen LogP contribution in [-0.4, -0.2) is 5.11 Å². The lowest BCUT2D eigenvalue weighted by atomic mass is 10.1. The molecule has 74 valence electrons. The minimum absolute atomic E-state index is 0.000833. The average Bonchev–Trinajstić information content (AvgIpc) is 2.22. The third kappa shape index (κ3) is 2.29. The van der Waals surface area contributed by atoms with Gasteiger partial charge in [-0.2, -0.15) is 10.5 Å². The maximum Gasteiger partial charge on any atom is 0.187 e. The van der Waals surface area contributed by atoms with Gasteiger partial charge < -0.3 is 5.11 Å². The molecule has 15 heavy (non-hydrogen) atoms. The van der Waals surface area contributed by atoms with Crippen LogP contribution >= 0.6 is 0 Å². The Morgan fingerprint density at radius 2 is 1.67 bits per heavy atom. The SMILES string of the molecule is N#CC(C#N)=Cc1cc(F)c(O)c(F)c1. The smallest absolute Gasteiger partial charge is 0.187 e. The Hall–Kier alpha value is -2.40. The summed E-state index contributed by atoms with van der Waals surface area (Å²) < 4.78 is 25.6. The number of rotatable bonds is 1. The van der Waals surface area contributed by atoms with Crippen molar-refractivity contribution in [2.75, 3.05) is 0 Å². The molecule has 0 atom stereocenters. The van der Waals surface area contributed by atoms with E-state index in [-0.39, 0.29) is 11.1 Å². The summed E-state index contributed by atoms with van der Waals surface area (Å²) in [5.41, 5.74) is -0.277. The summed E-state index contributed by atoms with van der Waals surface area (Å²) in [6, 6.07) is 4.75. The van der Waals surface area contributed by atoms with Crippen molar-refractivity contribution in [2.24, 2.45) is 0 Å². The summed E-state index contributed by atoms with van der Waals surface area (Å²) in [5.74, 6) is -3.37. The lowest BCUT2D eigenvalue weighted by molar-refractivity contribution is 0.396. The van der Waals surface area contributed by atoms with Gasteiger partial charge in [-0.05, 0) is 23.8 Å². The van der Waals surface area contributed by atoms with E-state index in [0.29, 0.717) is 0 Å². The standard InChI is InChI=1S/C10H4F2N2O/c11-8-2-6(1-7(4-13)5-14)3-9(12)10(8)15/h1-3,15H. The fourth-order valence-electron chi connectivity index (χ4n) is 0.925. The highest BCUT2D eigenvalue weighted by atomic mass is 19.1. The van der Waals surface area contributed by atoms with Crippen molar-refractivity contribution in [3.8, 4) is 17.9 Å². The number of hydrogen-bond acceptors (Lipinski definition) is 3. The molecule has 1 N–H and O–H groups in total. The summed E-state index contributed by atoms with van der Waals surface area (Å²) in [6.07, 6.45) is 1.02. The predicted octanol–water partition coefficient (Wildman–Crippen LogP) is 2.10. The fourth-order valence-corrected chi connectivity index (χ4v) is 0.925. The van der Waals surface area contributed by atoms with E-state index in [1.165, 1.54) is 0 Å². The monoisotopic (exact) mass is 206 g/mol. The highest BCUT2D eigenvalue weighted by Crippen LogP contribution is 2.22. The van der Waals surface area contributed by atoms with Gasteiger partial charge in [0.15, 0.2) is 17.4 Å². The molecule has 1 rings (SSSR count). The van der Waals surface area contributed by atoms with Crippen LogP contribution < -0.4 is 0 Å². The minimum atomic E-state index is -1.14. The number of allylic oxidation sites excluding steroid dienone is 1. The van der Waals surface area contributed by atoms with E-state index in [1.54, 1.807) is 12.1 Å². The van der Waals surface area contributed by atoms with Gasteiger partial charge in [0.1, 0.15) is 17.7 Å². The second-order valence-corrected chi connectivity index (χ2v) is 2.61. The largest absolute Gasteiger partial charge is 0.503 e. The number of halogens is 2. The number of nitriles is 2. The van der Waals surface area contributed by atoms with E-state index in [1.807, 2.05) is 0 Å². The molecule has 5 heteroatoms. The van der Waals surface area contributed by atoms with Crippen molar-refractivity contribution in [3.63, 3.8) is 0 Å². The number of phenolic OH excluding ortho intramolecular Hbond substituents is 1. The highest BCUT2D eigenvalue weighted by molar-refractivity contribution is 5.62. The van der Waals surface area contributed by atoms with Crippen molar-refractivity contribution in [2.45, 2.75) is 0 Å². The molecule has 0 amide bonds. The van der Waals surface area contributed by atoms with Crippen molar-refractivity contribution < 1.29 is 13.9 Å². The maximum atomic E-state index is 12.8. The molecule has 0 bridgehead atoms. The summed E-state index contributed by atoms with van der Waals surface area (Å²) >= 11 is 0. The molecule has 0 heterocycles. The van der Waals surface area contributed by atoms with Crippen LogP contribution in [0.25, 0.3) is 6.08 Å². The average molecular weight is 206 g/mol. The first-order valence-corrected chi connectivity index (χ1v) is 3.78. The van der Waals surface area contributed by atoms with E-state index in [4.69, 9.17) is 15.6 Å². The molecular weight excluding hydrogens is 202 g/mol. The van der Waals surface area contributed by atoms with Gasteiger partial charge in [0.05, 0.1) is 0 Å². The topological polar surface area (TPSA) is 67.8 Å². The normalized spacial score (nSPS) is 8.80. The molecule has 1 aromatic carbocycles. The zero-order chi connectivity index (χ0) is 11.4. The summed E-state index contributed by atoms with van der Waals surface area (Å²) in [7, 11) is 0. The van der Waals surface area contributed by atoms with Crippen LogP contribution in [0, 0.1) is 34.3 Å². The Labute approximate surface area is 84.1 Å². The van der Waals surface area contributed by atoms with Crippen LogP contribution in [-0.2, 0) is 0 Å². The van der Waals surface area contributed by atoms with Gasteiger partial charge in [0, 0.05) is 0 Å². The number of phenols is 1. The number of benzene rings is 1. The van der Waals surface area contributed by atoms with Gasteiger partial charge in [-0.1, -0.05) is 0 Å². The Kier molecular flexibility index (Phi) is 3.00. The maximum absolute atomic E-state index is 12.8. The first-order valence-electron chi connectivity index (χ1n) is 3.78. The van der Waals surface area contributed by atoms with E-state index in [0.717, 1.165) is 18.2 Å². The van der Waals surface area contributed by atoms with Crippen molar-refractivity contribution in [3.05, 3.63) is 34.9 Å². The highest BCUT2D eigenvalue weighted by Gasteiger charge is 2.08. The molecule has 0 aromatic heterocycles. The van der Waals surface area contributed by atoms with Gasteiger partial charge in [0.2, 0.25) is 0 Å². The predicted molar refractivity (Wildman–Crippen MR) is 47.2 cm³/mol. The third-order valence-electron chi connectivity index (χ3n) is 1.59. The van der Waals surface area contributed by atoms with Gasteiger partial charge in [-0.15, -0.1) is 0 Å². The fraction of sp³-hybridized carbons (Fsp3) is 0. The van der Waals surface area contributed by atoms with E-state index in [9.17, 15) is 8.78 Å². The molecule has 0 radical (unpaired) electrons. The lowest BCUT2D eigenvalue weighted by Crippen LogP contribution is -1.85. The summed E-state index contributed by atoms with van der Waals surface area (Å²) in [6.45, 7) is 0. The number of nitrogens with zero attached hydrogens (tertiary/aromatic N) is 2.